The third-order valence-corrected chi connectivity index (χ3v) is 5.29. The first-order chi connectivity index (χ1) is 14.6. The molecule has 1 N–H and O–H groups in total. The number of unbranched alkanes of at least 4 members (excludes halogenated alkanes) is 5. The van der Waals surface area contributed by atoms with Crippen LogP contribution in [0.4, 0.5) is 0 Å². The largest absolute Gasteiger partial charge is 0.504 e. The second-order valence-electron chi connectivity index (χ2n) is 7.61. The van der Waals surface area contributed by atoms with Crippen LogP contribution in [0.3, 0.4) is 0 Å². The Bertz CT molecular complexity index is 1010. The standard InChI is InChI=1S/C25H31NO4/c1-3-4-5-6-7-11-16-29-24-23(27)21-15-14-20(17-22(21)26(2)25(24)28)30-18-19-12-9-8-10-13-19/h8-10,12-15,17,27H,3-7,11,16,18H2,1-2H3. The smallest absolute Gasteiger partial charge is 0.297 e. The van der Waals surface area contributed by atoms with Gasteiger partial charge in [-0.25, -0.2) is 0 Å². The van der Waals surface area contributed by atoms with Crippen LogP contribution in [-0.4, -0.2) is 16.3 Å². The minimum atomic E-state index is -0.341. The quantitative estimate of drug-likeness (QED) is 0.421. The number of aromatic nitrogens is 1. The summed E-state index contributed by atoms with van der Waals surface area (Å²) in [6.07, 6.45) is 6.81. The molecule has 160 valence electrons. The molecule has 5 nitrogen and oxygen atoms in total. The van der Waals surface area contributed by atoms with E-state index in [0.717, 1.165) is 18.4 Å². The first-order valence-electron chi connectivity index (χ1n) is 10.8. The lowest BCUT2D eigenvalue weighted by Gasteiger charge is -2.14. The third-order valence-electron chi connectivity index (χ3n) is 5.29. The van der Waals surface area contributed by atoms with Crippen molar-refractivity contribution in [2.24, 2.45) is 7.05 Å². The Morgan fingerprint density at radius 3 is 2.43 bits per heavy atom. The second kappa shape index (κ2) is 10.7. The second-order valence-corrected chi connectivity index (χ2v) is 7.61. The van der Waals surface area contributed by atoms with Crippen LogP contribution in [0.25, 0.3) is 10.9 Å². The molecule has 0 bridgehead atoms. The van der Waals surface area contributed by atoms with E-state index in [1.807, 2.05) is 30.3 Å². The average Bonchev–Trinajstić information content (AvgIpc) is 2.78. The van der Waals surface area contributed by atoms with Crippen LogP contribution in [0.2, 0.25) is 0 Å². The van der Waals surface area contributed by atoms with Gasteiger partial charge in [0.2, 0.25) is 5.75 Å². The Labute approximate surface area is 177 Å². The van der Waals surface area contributed by atoms with Crippen molar-refractivity contribution in [1.29, 1.82) is 0 Å². The number of hydrogen-bond donors (Lipinski definition) is 1. The fourth-order valence-electron chi connectivity index (χ4n) is 3.49. The van der Waals surface area contributed by atoms with Crippen molar-refractivity contribution in [2.45, 2.75) is 52.1 Å². The maximum atomic E-state index is 12.7. The van der Waals surface area contributed by atoms with Crippen LogP contribution < -0.4 is 15.0 Å². The minimum absolute atomic E-state index is 0.0245. The molecule has 0 aliphatic rings. The molecule has 3 aromatic rings. The van der Waals surface area contributed by atoms with Gasteiger partial charge in [0, 0.05) is 18.5 Å². The molecule has 0 saturated heterocycles. The number of rotatable bonds is 11. The summed E-state index contributed by atoms with van der Waals surface area (Å²) in [6.45, 7) is 3.06. The number of pyridine rings is 1. The zero-order valence-corrected chi connectivity index (χ0v) is 17.9. The molecule has 1 aromatic heterocycles. The van der Waals surface area contributed by atoms with Gasteiger partial charge in [-0.05, 0) is 24.1 Å². The van der Waals surface area contributed by atoms with E-state index >= 15 is 0 Å². The third kappa shape index (κ3) is 5.35. The van der Waals surface area contributed by atoms with Gasteiger partial charge in [-0.1, -0.05) is 69.4 Å². The van der Waals surface area contributed by atoms with Crippen LogP contribution in [-0.2, 0) is 13.7 Å². The minimum Gasteiger partial charge on any atom is -0.504 e. The Morgan fingerprint density at radius 2 is 1.67 bits per heavy atom. The van der Waals surface area contributed by atoms with Gasteiger partial charge < -0.3 is 19.1 Å². The van der Waals surface area contributed by atoms with Crippen LogP contribution in [0.1, 0.15) is 51.0 Å². The number of nitrogens with zero attached hydrogens (tertiary/aromatic N) is 1. The molecule has 0 saturated carbocycles. The van der Waals surface area contributed by atoms with Crippen molar-refractivity contribution in [3.63, 3.8) is 0 Å². The van der Waals surface area contributed by atoms with E-state index in [9.17, 15) is 9.90 Å². The molecule has 5 heteroatoms. The fourth-order valence-corrected chi connectivity index (χ4v) is 3.49. The van der Waals surface area contributed by atoms with Gasteiger partial charge in [-0.2, -0.15) is 0 Å². The Balaban J connectivity index is 1.70. The number of aryl methyl sites for hydroxylation is 1. The van der Waals surface area contributed by atoms with Crippen molar-refractivity contribution in [1.82, 2.24) is 4.57 Å². The number of aromatic hydroxyl groups is 1. The molecule has 2 aromatic carbocycles. The van der Waals surface area contributed by atoms with Crippen molar-refractivity contribution in [3.05, 3.63) is 64.4 Å². The lowest BCUT2D eigenvalue weighted by Crippen LogP contribution is -2.20. The molecule has 1 heterocycles. The van der Waals surface area contributed by atoms with E-state index < -0.39 is 0 Å². The van der Waals surface area contributed by atoms with Gasteiger partial charge >= 0.3 is 0 Å². The van der Waals surface area contributed by atoms with E-state index in [2.05, 4.69) is 6.92 Å². The summed E-state index contributed by atoms with van der Waals surface area (Å²) in [6, 6.07) is 15.2. The van der Waals surface area contributed by atoms with Crippen molar-refractivity contribution < 1.29 is 14.6 Å². The van der Waals surface area contributed by atoms with E-state index in [-0.39, 0.29) is 17.1 Å². The van der Waals surface area contributed by atoms with Crippen LogP contribution in [0, 0.1) is 0 Å². The predicted octanol–water partition coefficient (Wildman–Crippen LogP) is 5.56. The summed E-state index contributed by atoms with van der Waals surface area (Å²) in [5.74, 6) is 0.562. The van der Waals surface area contributed by atoms with Gasteiger partial charge in [0.15, 0.2) is 5.75 Å². The monoisotopic (exact) mass is 409 g/mol. The van der Waals surface area contributed by atoms with E-state index in [1.54, 1.807) is 25.2 Å². The highest BCUT2D eigenvalue weighted by Crippen LogP contribution is 2.33. The normalized spacial score (nSPS) is 11.0. The molecule has 0 aliphatic carbocycles. The highest BCUT2D eigenvalue weighted by Gasteiger charge is 2.16. The lowest BCUT2D eigenvalue weighted by molar-refractivity contribution is 0.284. The van der Waals surface area contributed by atoms with Gasteiger partial charge in [-0.15, -0.1) is 0 Å². The van der Waals surface area contributed by atoms with Crippen molar-refractivity contribution in [3.8, 4) is 17.2 Å². The first kappa shape index (κ1) is 21.8. The predicted molar refractivity (Wildman–Crippen MR) is 120 cm³/mol. The zero-order chi connectivity index (χ0) is 21.3. The lowest BCUT2D eigenvalue weighted by atomic mass is 10.1. The molecular formula is C25H31NO4. The molecule has 0 spiro atoms. The van der Waals surface area contributed by atoms with Crippen LogP contribution in [0.5, 0.6) is 17.2 Å². The summed E-state index contributed by atoms with van der Waals surface area (Å²) >= 11 is 0. The van der Waals surface area contributed by atoms with Gasteiger partial charge in [0.25, 0.3) is 5.56 Å². The summed E-state index contributed by atoms with van der Waals surface area (Å²) in [5.41, 5.74) is 1.33. The number of ether oxygens (including phenoxy) is 2. The van der Waals surface area contributed by atoms with E-state index in [4.69, 9.17) is 9.47 Å². The van der Waals surface area contributed by atoms with Crippen molar-refractivity contribution in [2.75, 3.05) is 6.61 Å². The maximum Gasteiger partial charge on any atom is 0.297 e. The summed E-state index contributed by atoms with van der Waals surface area (Å²) < 4.78 is 13.0. The number of benzene rings is 2. The van der Waals surface area contributed by atoms with Gasteiger partial charge in [0.05, 0.1) is 12.1 Å². The Hall–Kier alpha value is -2.95. The highest BCUT2D eigenvalue weighted by molar-refractivity contribution is 5.88. The number of hydrogen-bond acceptors (Lipinski definition) is 4. The fraction of sp³-hybridized carbons (Fsp3) is 0.400. The molecule has 0 fully saturated rings. The van der Waals surface area contributed by atoms with Crippen molar-refractivity contribution >= 4 is 10.9 Å². The summed E-state index contributed by atoms with van der Waals surface area (Å²) in [4.78, 5) is 12.7. The van der Waals surface area contributed by atoms with Gasteiger partial charge in [0.1, 0.15) is 12.4 Å². The SMILES string of the molecule is CCCCCCCCOc1c(O)c2ccc(OCc3ccccc3)cc2n(C)c1=O. The Kier molecular flexibility index (Phi) is 7.77. The summed E-state index contributed by atoms with van der Waals surface area (Å²) in [7, 11) is 1.68. The molecule has 0 amide bonds. The molecule has 0 unspecified atom stereocenters. The van der Waals surface area contributed by atoms with E-state index in [0.29, 0.717) is 29.9 Å². The summed E-state index contributed by atoms with van der Waals surface area (Å²) in [5, 5.41) is 11.2. The van der Waals surface area contributed by atoms with E-state index in [1.165, 1.54) is 30.3 Å². The van der Waals surface area contributed by atoms with Crippen LogP contribution >= 0.6 is 0 Å². The molecule has 3 rings (SSSR count). The number of fused-ring (bicyclic) bond motifs is 1. The Morgan fingerprint density at radius 1 is 0.933 bits per heavy atom. The first-order valence-corrected chi connectivity index (χ1v) is 10.8. The molecule has 30 heavy (non-hydrogen) atoms. The van der Waals surface area contributed by atoms with Gasteiger partial charge in [-0.3, -0.25) is 4.79 Å². The molecule has 0 radical (unpaired) electrons. The maximum absolute atomic E-state index is 12.7. The molecule has 0 aliphatic heterocycles. The molecular weight excluding hydrogens is 378 g/mol. The average molecular weight is 410 g/mol. The van der Waals surface area contributed by atoms with Crippen LogP contribution in [0.15, 0.2) is 53.3 Å². The topological polar surface area (TPSA) is 60.7 Å². The molecule has 0 atom stereocenters. The highest BCUT2D eigenvalue weighted by atomic mass is 16.5. The zero-order valence-electron chi connectivity index (χ0n) is 17.9.